The van der Waals surface area contributed by atoms with E-state index >= 15 is 0 Å². The van der Waals surface area contributed by atoms with E-state index in [2.05, 4.69) is 22.9 Å². The number of rotatable bonds is 4. The maximum Gasteiger partial charge on any atom is 0.302 e. The van der Waals surface area contributed by atoms with Gasteiger partial charge in [-0.15, -0.1) is 0 Å². The molecule has 3 unspecified atom stereocenters. The number of likely N-dealkylation sites (tertiary alicyclic amines) is 1. The van der Waals surface area contributed by atoms with Gasteiger partial charge in [0, 0.05) is 31.7 Å². The Morgan fingerprint density at radius 2 is 2.41 bits per heavy atom. The van der Waals surface area contributed by atoms with Gasteiger partial charge in [-0.25, -0.2) is 0 Å². The molecule has 2 rings (SSSR count). The zero-order valence-electron chi connectivity index (χ0n) is 13.5. The first-order chi connectivity index (χ1) is 10.6. The molecular formula is C18H25N2O2+. The lowest BCUT2D eigenvalue weighted by Gasteiger charge is -2.28. The molecule has 0 bridgehead atoms. The van der Waals surface area contributed by atoms with Crippen molar-refractivity contribution in [1.82, 2.24) is 4.98 Å². The predicted octanol–water partition coefficient (Wildman–Crippen LogP) is 1.19. The predicted molar refractivity (Wildman–Crippen MR) is 85.4 cm³/mol. The molecule has 4 nitrogen and oxygen atoms in total. The Hall–Kier alpha value is -1.86. The lowest BCUT2D eigenvalue weighted by molar-refractivity contribution is -0.899. The summed E-state index contributed by atoms with van der Waals surface area (Å²) in [6.07, 6.45) is 6.78. The average Bonchev–Trinajstić information content (AvgIpc) is 2.52. The number of carbonyl (C=O) groups excluding carboxylic acids is 1. The molecule has 0 aromatic carbocycles. The number of quaternary nitrogens is 1. The van der Waals surface area contributed by atoms with Gasteiger partial charge in [0.1, 0.15) is 12.6 Å². The Labute approximate surface area is 132 Å². The van der Waals surface area contributed by atoms with Crippen molar-refractivity contribution in [2.45, 2.75) is 45.1 Å². The first-order valence-electron chi connectivity index (χ1n) is 8.01. The standard InChI is InChI=1S/C18H24N2O2/c1-15(22-16(2)21)7-3-4-11-20-12-6-9-18(14-20)17-8-5-10-19-13-17/h5,8,10,13,15,18H,6-7,9,11-12,14H2,1-2H3/p+1. The molecule has 1 N–H and O–H groups in total. The van der Waals surface area contributed by atoms with E-state index in [0.717, 1.165) is 13.1 Å². The fourth-order valence-electron chi connectivity index (χ4n) is 2.94. The number of aromatic nitrogens is 1. The maximum atomic E-state index is 10.8. The maximum absolute atomic E-state index is 10.8. The second kappa shape index (κ2) is 8.55. The highest BCUT2D eigenvalue weighted by molar-refractivity contribution is 5.66. The van der Waals surface area contributed by atoms with Crippen LogP contribution >= 0.6 is 0 Å². The molecule has 4 heteroatoms. The first-order valence-corrected chi connectivity index (χ1v) is 8.01. The summed E-state index contributed by atoms with van der Waals surface area (Å²) < 4.78 is 5.06. The number of hydrogen-bond donors (Lipinski definition) is 1. The Morgan fingerprint density at radius 3 is 3.14 bits per heavy atom. The van der Waals surface area contributed by atoms with Crippen LogP contribution in [0, 0.1) is 11.8 Å². The summed E-state index contributed by atoms with van der Waals surface area (Å²) in [6.45, 7) is 6.48. The third-order valence-electron chi connectivity index (χ3n) is 3.99. The third-order valence-corrected chi connectivity index (χ3v) is 3.99. The number of esters is 1. The van der Waals surface area contributed by atoms with Crippen molar-refractivity contribution in [3.63, 3.8) is 0 Å². The van der Waals surface area contributed by atoms with Gasteiger partial charge in [0.2, 0.25) is 0 Å². The Bertz CT molecular complexity index is 533. The highest BCUT2D eigenvalue weighted by Gasteiger charge is 2.23. The smallest absolute Gasteiger partial charge is 0.302 e. The van der Waals surface area contributed by atoms with E-state index in [-0.39, 0.29) is 12.1 Å². The second-order valence-corrected chi connectivity index (χ2v) is 5.98. The molecule has 1 aliphatic rings. The van der Waals surface area contributed by atoms with E-state index in [9.17, 15) is 4.79 Å². The number of nitrogens with zero attached hydrogens (tertiary/aromatic N) is 1. The molecule has 1 fully saturated rings. The highest BCUT2D eigenvalue weighted by Crippen LogP contribution is 2.20. The number of piperidine rings is 1. The third kappa shape index (κ3) is 5.50. The quantitative estimate of drug-likeness (QED) is 0.671. The van der Waals surface area contributed by atoms with Gasteiger partial charge in [-0.3, -0.25) is 9.78 Å². The lowest BCUT2D eigenvalue weighted by Crippen LogP contribution is -3.13. The normalized spacial score (nSPS) is 22.3. The number of nitrogens with one attached hydrogen (secondary N) is 1. The van der Waals surface area contributed by atoms with E-state index in [1.165, 1.54) is 36.8 Å². The van der Waals surface area contributed by atoms with Crippen LogP contribution in [-0.4, -0.2) is 36.7 Å². The van der Waals surface area contributed by atoms with Gasteiger partial charge in [0.25, 0.3) is 0 Å². The number of pyridine rings is 1. The number of hydrogen-bond acceptors (Lipinski definition) is 3. The minimum atomic E-state index is -0.240. The summed E-state index contributed by atoms with van der Waals surface area (Å²) in [5, 5.41) is 0. The molecule has 118 valence electrons. The molecule has 0 spiro atoms. The van der Waals surface area contributed by atoms with Crippen LogP contribution in [0.2, 0.25) is 0 Å². The van der Waals surface area contributed by atoms with Crippen molar-refractivity contribution in [1.29, 1.82) is 0 Å². The Morgan fingerprint density at radius 1 is 1.55 bits per heavy atom. The van der Waals surface area contributed by atoms with E-state index in [1.54, 1.807) is 0 Å². The largest absolute Gasteiger partial charge is 0.462 e. The highest BCUT2D eigenvalue weighted by atomic mass is 16.5. The van der Waals surface area contributed by atoms with Gasteiger partial charge < -0.3 is 9.64 Å². The van der Waals surface area contributed by atoms with Crippen molar-refractivity contribution in [2.24, 2.45) is 0 Å². The van der Waals surface area contributed by atoms with Crippen LogP contribution in [0.1, 0.15) is 44.6 Å². The minimum Gasteiger partial charge on any atom is -0.462 e. The summed E-state index contributed by atoms with van der Waals surface area (Å²) in [6, 6.07) is 4.19. The fourth-order valence-corrected chi connectivity index (χ4v) is 2.94. The molecule has 1 saturated heterocycles. The molecule has 1 aromatic heterocycles. The fraction of sp³-hybridized carbons (Fsp3) is 0.556. The molecule has 0 aliphatic carbocycles. The van der Waals surface area contributed by atoms with Crippen LogP contribution in [0.15, 0.2) is 24.5 Å². The van der Waals surface area contributed by atoms with Gasteiger partial charge >= 0.3 is 5.97 Å². The van der Waals surface area contributed by atoms with E-state index in [0.29, 0.717) is 12.3 Å². The van der Waals surface area contributed by atoms with Crippen molar-refractivity contribution in [3.05, 3.63) is 30.1 Å². The molecule has 1 aliphatic heterocycles. The molecule has 3 atom stereocenters. The van der Waals surface area contributed by atoms with Crippen LogP contribution in [0.4, 0.5) is 0 Å². The van der Waals surface area contributed by atoms with E-state index in [1.807, 2.05) is 25.4 Å². The number of ether oxygens (including phenoxy) is 1. The summed E-state index contributed by atoms with van der Waals surface area (Å²) in [5.74, 6) is 6.73. The van der Waals surface area contributed by atoms with Crippen LogP contribution in [0.5, 0.6) is 0 Å². The van der Waals surface area contributed by atoms with Gasteiger partial charge in [-0.2, -0.15) is 0 Å². The molecule has 22 heavy (non-hydrogen) atoms. The van der Waals surface area contributed by atoms with Crippen LogP contribution in [0.3, 0.4) is 0 Å². The average molecular weight is 301 g/mol. The van der Waals surface area contributed by atoms with Crippen molar-refractivity contribution in [2.75, 3.05) is 19.6 Å². The monoisotopic (exact) mass is 301 g/mol. The minimum absolute atomic E-state index is 0.121. The molecule has 0 saturated carbocycles. The summed E-state index contributed by atoms with van der Waals surface area (Å²) >= 11 is 0. The Kier molecular flexibility index (Phi) is 6.42. The van der Waals surface area contributed by atoms with E-state index < -0.39 is 0 Å². The van der Waals surface area contributed by atoms with Crippen LogP contribution < -0.4 is 4.90 Å². The van der Waals surface area contributed by atoms with Gasteiger partial charge in [-0.1, -0.05) is 12.0 Å². The van der Waals surface area contributed by atoms with Gasteiger partial charge in [0.15, 0.2) is 0 Å². The molecule has 0 radical (unpaired) electrons. The topological polar surface area (TPSA) is 43.6 Å². The summed E-state index contributed by atoms with van der Waals surface area (Å²) in [7, 11) is 0. The van der Waals surface area contributed by atoms with E-state index in [4.69, 9.17) is 4.74 Å². The van der Waals surface area contributed by atoms with Gasteiger partial charge in [0.05, 0.1) is 13.1 Å². The molecule has 1 aromatic rings. The van der Waals surface area contributed by atoms with Crippen LogP contribution in [0.25, 0.3) is 0 Å². The summed E-state index contributed by atoms with van der Waals surface area (Å²) in [5.41, 5.74) is 1.34. The SMILES string of the molecule is CC(=O)OC(C)CC#CC[NH+]1CCCC(c2cccnc2)C1. The zero-order chi connectivity index (χ0) is 15.8. The van der Waals surface area contributed by atoms with Crippen molar-refractivity contribution >= 4 is 5.97 Å². The van der Waals surface area contributed by atoms with Crippen molar-refractivity contribution < 1.29 is 14.4 Å². The second-order valence-electron chi connectivity index (χ2n) is 5.98. The molecule has 2 heterocycles. The van der Waals surface area contributed by atoms with Crippen LogP contribution in [-0.2, 0) is 9.53 Å². The van der Waals surface area contributed by atoms with Crippen molar-refractivity contribution in [3.8, 4) is 11.8 Å². The Balaban J connectivity index is 1.78. The van der Waals surface area contributed by atoms with Gasteiger partial charge in [-0.05, 0) is 37.3 Å². The summed E-state index contributed by atoms with van der Waals surface area (Å²) in [4.78, 5) is 16.6. The zero-order valence-corrected chi connectivity index (χ0v) is 13.5. The number of carbonyl (C=O) groups is 1. The molecular weight excluding hydrogens is 276 g/mol. The molecule has 0 amide bonds. The first kappa shape index (κ1) is 16.5. The lowest BCUT2D eigenvalue weighted by atomic mass is 9.92.